The number of aliphatic imine (C=N–C) groups is 1. The van der Waals surface area contributed by atoms with Crippen LogP contribution in [-0.2, 0) is 0 Å². The molecular formula is C15H11NOS. The fourth-order valence-corrected chi connectivity index (χ4v) is 2.80. The van der Waals surface area contributed by atoms with Gasteiger partial charge in [-0.3, -0.25) is 4.99 Å². The average Bonchev–Trinajstić information content (AvgIpc) is 2.60. The van der Waals surface area contributed by atoms with Crippen LogP contribution in [0.25, 0.3) is 4.91 Å². The number of hydrogen-bond donors (Lipinski definition) is 1. The molecule has 3 rings (SSSR count). The number of rotatable bonds is 1. The van der Waals surface area contributed by atoms with Crippen molar-refractivity contribution in [1.29, 1.82) is 0 Å². The van der Waals surface area contributed by atoms with Crippen molar-refractivity contribution in [3.05, 3.63) is 65.9 Å². The molecule has 0 amide bonds. The number of aliphatic hydroxyl groups excluding tert-OH is 1. The Bertz CT molecular complexity index is 632. The molecule has 1 N–H and O–H groups in total. The molecule has 18 heavy (non-hydrogen) atoms. The molecule has 2 aromatic carbocycles. The van der Waals surface area contributed by atoms with Crippen molar-refractivity contribution in [3.63, 3.8) is 0 Å². The zero-order valence-electron chi connectivity index (χ0n) is 9.58. The number of benzene rings is 2. The van der Waals surface area contributed by atoms with E-state index in [1.54, 1.807) is 11.8 Å². The van der Waals surface area contributed by atoms with E-state index in [1.165, 1.54) is 6.21 Å². The third-order valence-corrected chi connectivity index (χ3v) is 3.89. The van der Waals surface area contributed by atoms with Gasteiger partial charge in [-0.1, -0.05) is 54.2 Å². The van der Waals surface area contributed by atoms with E-state index in [1.807, 2.05) is 54.6 Å². The maximum Gasteiger partial charge on any atom is 0.148 e. The maximum atomic E-state index is 10.1. The van der Waals surface area contributed by atoms with Crippen LogP contribution in [0.4, 0.5) is 5.69 Å². The molecule has 2 nitrogen and oxygen atoms in total. The second kappa shape index (κ2) is 4.70. The van der Waals surface area contributed by atoms with Gasteiger partial charge in [0.05, 0.1) is 16.8 Å². The Labute approximate surface area is 110 Å². The second-order valence-corrected chi connectivity index (χ2v) is 4.96. The minimum atomic E-state index is 0.211. The molecule has 0 aliphatic carbocycles. The lowest BCUT2D eigenvalue weighted by Gasteiger charge is -2.07. The number of thioether (sulfide) groups is 1. The topological polar surface area (TPSA) is 32.6 Å². The van der Waals surface area contributed by atoms with E-state index >= 15 is 0 Å². The van der Waals surface area contributed by atoms with Crippen LogP contribution >= 0.6 is 11.8 Å². The van der Waals surface area contributed by atoms with E-state index in [-0.39, 0.29) is 5.76 Å². The van der Waals surface area contributed by atoms with Crippen molar-refractivity contribution in [3.8, 4) is 0 Å². The van der Waals surface area contributed by atoms with Gasteiger partial charge in [0.15, 0.2) is 0 Å². The summed E-state index contributed by atoms with van der Waals surface area (Å²) in [5.41, 5.74) is 1.89. The molecule has 0 spiro atoms. The van der Waals surface area contributed by atoms with Crippen molar-refractivity contribution >= 4 is 28.6 Å². The number of hydrogen-bond acceptors (Lipinski definition) is 3. The minimum absolute atomic E-state index is 0.211. The largest absolute Gasteiger partial charge is 0.505 e. The number of para-hydroxylation sites is 1. The Kier molecular flexibility index (Phi) is 2.90. The molecule has 0 saturated heterocycles. The van der Waals surface area contributed by atoms with E-state index in [0.29, 0.717) is 0 Å². The molecule has 3 heteroatoms. The molecule has 0 fully saturated rings. The molecule has 0 atom stereocenters. The van der Waals surface area contributed by atoms with Crippen LogP contribution in [0.3, 0.4) is 0 Å². The third-order valence-electron chi connectivity index (χ3n) is 2.67. The van der Waals surface area contributed by atoms with Crippen molar-refractivity contribution in [1.82, 2.24) is 0 Å². The van der Waals surface area contributed by atoms with Gasteiger partial charge in [-0.2, -0.15) is 0 Å². The average molecular weight is 253 g/mol. The lowest BCUT2D eigenvalue weighted by atomic mass is 10.2. The van der Waals surface area contributed by atoms with Gasteiger partial charge in [0.1, 0.15) is 5.76 Å². The molecule has 88 valence electrons. The maximum absolute atomic E-state index is 10.1. The third kappa shape index (κ3) is 2.05. The van der Waals surface area contributed by atoms with Crippen molar-refractivity contribution < 1.29 is 5.11 Å². The molecule has 0 unspecified atom stereocenters. The monoisotopic (exact) mass is 253 g/mol. The summed E-state index contributed by atoms with van der Waals surface area (Å²) in [6.07, 6.45) is 1.52. The quantitative estimate of drug-likeness (QED) is 0.815. The highest BCUT2D eigenvalue weighted by Gasteiger charge is 2.14. The van der Waals surface area contributed by atoms with Crippen LogP contribution in [0.2, 0.25) is 0 Å². The zero-order chi connectivity index (χ0) is 12.4. The highest BCUT2D eigenvalue weighted by molar-refractivity contribution is 8.08. The predicted octanol–water partition coefficient (Wildman–Crippen LogP) is 4.42. The summed E-state index contributed by atoms with van der Waals surface area (Å²) in [6, 6.07) is 17.7. The summed E-state index contributed by atoms with van der Waals surface area (Å²) in [5.74, 6) is 0.211. The van der Waals surface area contributed by atoms with E-state index in [4.69, 9.17) is 0 Å². The van der Waals surface area contributed by atoms with Gasteiger partial charge in [-0.15, -0.1) is 0 Å². The number of nitrogens with zero attached hydrogens (tertiary/aromatic N) is 1. The first kappa shape index (κ1) is 11.1. The predicted molar refractivity (Wildman–Crippen MR) is 76.4 cm³/mol. The summed E-state index contributed by atoms with van der Waals surface area (Å²) >= 11 is 1.54. The van der Waals surface area contributed by atoms with Gasteiger partial charge in [0.25, 0.3) is 0 Å². The van der Waals surface area contributed by atoms with Gasteiger partial charge >= 0.3 is 0 Å². The highest BCUT2D eigenvalue weighted by atomic mass is 32.2. The van der Waals surface area contributed by atoms with Gasteiger partial charge in [0, 0.05) is 4.90 Å². The summed E-state index contributed by atoms with van der Waals surface area (Å²) in [4.78, 5) is 6.18. The van der Waals surface area contributed by atoms with Gasteiger partial charge in [0.2, 0.25) is 0 Å². The van der Waals surface area contributed by atoms with E-state index in [9.17, 15) is 5.11 Å². The standard InChI is InChI=1S/C15H11NOS/c17-13-10-16-12-8-4-5-9-14(12)18-15(13)11-6-2-1-3-7-11/h1-10,17H. The van der Waals surface area contributed by atoms with Crippen LogP contribution in [0.5, 0.6) is 0 Å². The number of aliphatic hydroxyl groups is 1. The lowest BCUT2D eigenvalue weighted by Crippen LogP contribution is -1.88. The molecule has 0 bridgehead atoms. The molecular weight excluding hydrogens is 242 g/mol. The summed E-state index contributed by atoms with van der Waals surface area (Å²) in [7, 11) is 0. The molecule has 0 saturated carbocycles. The lowest BCUT2D eigenvalue weighted by molar-refractivity contribution is 0.451. The van der Waals surface area contributed by atoms with Crippen LogP contribution in [0.15, 0.2) is 70.2 Å². The molecule has 1 aliphatic heterocycles. The summed E-state index contributed by atoms with van der Waals surface area (Å²) in [5, 5.41) is 10.1. The van der Waals surface area contributed by atoms with E-state index < -0.39 is 0 Å². The van der Waals surface area contributed by atoms with Gasteiger partial charge in [-0.05, 0) is 17.7 Å². The fraction of sp³-hybridized carbons (Fsp3) is 0. The molecule has 1 heterocycles. The second-order valence-electron chi connectivity index (χ2n) is 3.91. The summed E-state index contributed by atoms with van der Waals surface area (Å²) in [6.45, 7) is 0. The van der Waals surface area contributed by atoms with Crippen LogP contribution < -0.4 is 0 Å². The molecule has 0 radical (unpaired) electrons. The first-order chi connectivity index (χ1) is 8.84. The van der Waals surface area contributed by atoms with Crippen molar-refractivity contribution in [2.75, 3.05) is 0 Å². The van der Waals surface area contributed by atoms with E-state index in [2.05, 4.69) is 4.99 Å². The smallest absolute Gasteiger partial charge is 0.148 e. The Hall–Kier alpha value is -2.00. The normalized spacial score (nSPS) is 14.2. The first-order valence-electron chi connectivity index (χ1n) is 5.64. The van der Waals surface area contributed by atoms with Crippen molar-refractivity contribution in [2.24, 2.45) is 4.99 Å². The zero-order valence-corrected chi connectivity index (χ0v) is 10.4. The van der Waals surface area contributed by atoms with Crippen molar-refractivity contribution in [2.45, 2.75) is 4.90 Å². The Morgan fingerprint density at radius 3 is 2.44 bits per heavy atom. The van der Waals surface area contributed by atoms with Gasteiger partial charge < -0.3 is 5.11 Å². The van der Waals surface area contributed by atoms with Crippen LogP contribution in [0, 0.1) is 0 Å². The number of allylic oxidation sites excluding steroid dienone is 1. The Morgan fingerprint density at radius 1 is 0.889 bits per heavy atom. The summed E-state index contributed by atoms with van der Waals surface area (Å²) < 4.78 is 0. The van der Waals surface area contributed by atoms with Gasteiger partial charge in [-0.25, -0.2) is 0 Å². The Balaban J connectivity index is 2.10. The minimum Gasteiger partial charge on any atom is -0.505 e. The SMILES string of the molecule is OC1=C(c2ccccc2)Sc2ccccc2N=C1. The fourth-order valence-electron chi connectivity index (χ4n) is 1.80. The first-order valence-corrected chi connectivity index (χ1v) is 6.46. The van der Waals surface area contributed by atoms with Crippen LogP contribution in [-0.4, -0.2) is 11.3 Å². The van der Waals surface area contributed by atoms with E-state index in [0.717, 1.165) is 21.1 Å². The number of fused-ring (bicyclic) bond motifs is 1. The molecule has 2 aromatic rings. The molecule has 1 aliphatic rings. The Morgan fingerprint density at radius 2 is 1.61 bits per heavy atom. The van der Waals surface area contributed by atoms with Crippen LogP contribution in [0.1, 0.15) is 5.56 Å². The highest BCUT2D eigenvalue weighted by Crippen LogP contribution is 2.42. The molecule has 0 aromatic heterocycles.